The SMILES string of the molecule is CC(C)Oc1c(C(=O)O)c(C(=O)O)c(OC(C)C)c2ccccc12. The van der Waals surface area contributed by atoms with E-state index in [1.165, 1.54) is 0 Å². The third kappa shape index (κ3) is 3.27. The van der Waals surface area contributed by atoms with Gasteiger partial charge in [0.25, 0.3) is 0 Å². The number of hydrogen-bond acceptors (Lipinski definition) is 4. The Kier molecular flexibility index (Phi) is 4.97. The van der Waals surface area contributed by atoms with Gasteiger partial charge in [0.2, 0.25) is 0 Å². The second kappa shape index (κ2) is 6.78. The molecule has 0 fully saturated rings. The molecule has 0 aliphatic heterocycles. The lowest BCUT2D eigenvalue weighted by Gasteiger charge is -2.21. The Hall–Kier alpha value is -2.76. The molecule has 0 bridgehead atoms. The quantitative estimate of drug-likeness (QED) is 0.835. The number of ether oxygens (including phenoxy) is 2. The molecule has 0 atom stereocenters. The molecule has 0 aliphatic rings. The predicted octanol–water partition coefficient (Wildman–Crippen LogP) is 3.81. The van der Waals surface area contributed by atoms with Gasteiger partial charge in [0.05, 0.1) is 12.2 Å². The first-order valence-corrected chi connectivity index (χ1v) is 7.62. The summed E-state index contributed by atoms with van der Waals surface area (Å²) < 4.78 is 11.3. The van der Waals surface area contributed by atoms with E-state index in [2.05, 4.69) is 0 Å². The molecule has 0 radical (unpaired) electrons. The van der Waals surface area contributed by atoms with Crippen LogP contribution < -0.4 is 9.47 Å². The second-order valence-electron chi connectivity index (χ2n) is 5.90. The maximum absolute atomic E-state index is 11.8. The molecule has 0 aliphatic carbocycles. The van der Waals surface area contributed by atoms with Gasteiger partial charge in [-0.2, -0.15) is 0 Å². The standard InChI is InChI=1S/C18H20O6/c1-9(2)23-15-11-7-5-6-8-12(11)16(24-10(3)4)14(18(21)22)13(15)17(19)20/h5-10H,1-4H3,(H,19,20)(H,21,22). The molecule has 24 heavy (non-hydrogen) atoms. The number of fused-ring (bicyclic) bond motifs is 1. The number of carboxylic acids is 2. The van der Waals surface area contributed by atoms with Crippen molar-refractivity contribution in [3.8, 4) is 11.5 Å². The van der Waals surface area contributed by atoms with Crippen LogP contribution in [0.3, 0.4) is 0 Å². The average molecular weight is 332 g/mol. The highest BCUT2D eigenvalue weighted by Gasteiger charge is 2.30. The van der Waals surface area contributed by atoms with Gasteiger partial charge in [-0.05, 0) is 27.7 Å². The Morgan fingerprint density at radius 3 is 1.38 bits per heavy atom. The van der Waals surface area contributed by atoms with Crippen molar-refractivity contribution in [2.45, 2.75) is 39.9 Å². The Bertz CT molecular complexity index is 725. The fourth-order valence-electron chi connectivity index (χ4n) is 2.50. The van der Waals surface area contributed by atoms with Crippen molar-refractivity contribution in [2.75, 3.05) is 0 Å². The normalized spacial score (nSPS) is 11.1. The number of rotatable bonds is 6. The molecule has 0 heterocycles. The lowest BCUT2D eigenvalue weighted by atomic mass is 9.97. The summed E-state index contributed by atoms with van der Waals surface area (Å²) >= 11 is 0. The molecular formula is C18H20O6. The Balaban J connectivity index is 3.01. The minimum atomic E-state index is -1.37. The minimum absolute atomic E-state index is 0.0432. The number of carboxylic acid groups (broad SMARTS) is 2. The molecule has 2 N–H and O–H groups in total. The van der Waals surface area contributed by atoms with E-state index in [4.69, 9.17) is 9.47 Å². The Morgan fingerprint density at radius 1 is 0.792 bits per heavy atom. The van der Waals surface area contributed by atoms with Gasteiger partial charge < -0.3 is 19.7 Å². The van der Waals surface area contributed by atoms with Crippen molar-refractivity contribution in [3.63, 3.8) is 0 Å². The number of hydrogen-bond donors (Lipinski definition) is 2. The first-order valence-electron chi connectivity index (χ1n) is 7.62. The molecule has 0 spiro atoms. The maximum atomic E-state index is 11.8. The van der Waals surface area contributed by atoms with Gasteiger partial charge in [-0.15, -0.1) is 0 Å². The maximum Gasteiger partial charge on any atom is 0.340 e. The molecule has 2 aromatic rings. The van der Waals surface area contributed by atoms with E-state index < -0.39 is 23.1 Å². The number of aromatic carboxylic acids is 2. The minimum Gasteiger partial charge on any atom is -0.489 e. The Morgan fingerprint density at radius 2 is 1.12 bits per heavy atom. The van der Waals surface area contributed by atoms with Crippen LogP contribution in [0.4, 0.5) is 0 Å². The summed E-state index contributed by atoms with van der Waals surface area (Å²) in [5.41, 5.74) is -0.795. The van der Waals surface area contributed by atoms with Crippen LogP contribution in [0.1, 0.15) is 48.4 Å². The molecule has 0 unspecified atom stereocenters. The highest BCUT2D eigenvalue weighted by molar-refractivity contribution is 6.13. The topological polar surface area (TPSA) is 93.1 Å². The van der Waals surface area contributed by atoms with Crippen LogP contribution in [0.2, 0.25) is 0 Å². The monoisotopic (exact) mass is 332 g/mol. The molecule has 128 valence electrons. The van der Waals surface area contributed by atoms with Crippen LogP contribution in [0.15, 0.2) is 24.3 Å². The van der Waals surface area contributed by atoms with E-state index in [0.717, 1.165) is 0 Å². The smallest absolute Gasteiger partial charge is 0.340 e. The summed E-state index contributed by atoms with van der Waals surface area (Å²) in [4.78, 5) is 23.6. The highest BCUT2D eigenvalue weighted by Crippen LogP contribution is 2.42. The molecule has 6 heteroatoms. The summed E-state index contributed by atoms with van der Waals surface area (Å²) in [5, 5.41) is 20.3. The number of benzene rings is 2. The van der Waals surface area contributed by atoms with Crippen LogP contribution in [-0.2, 0) is 0 Å². The van der Waals surface area contributed by atoms with Gasteiger partial charge in [0.15, 0.2) is 0 Å². The lowest BCUT2D eigenvalue weighted by Crippen LogP contribution is -2.18. The second-order valence-corrected chi connectivity index (χ2v) is 5.90. The average Bonchev–Trinajstić information content (AvgIpc) is 2.47. The summed E-state index contributed by atoms with van der Waals surface area (Å²) in [6, 6.07) is 6.86. The fraction of sp³-hybridized carbons (Fsp3) is 0.333. The zero-order valence-electron chi connectivity index (χ0n) is 14.0. The molecule has 0 amide bonds. The number of carbonyl (C=O) groups is 2. The van der Waals surface area contributed by atoms with E-state index in [0.29, 0.717) is 10.8 Å². The van der Waals surface area contributed by atoms with Crippen LogP contribution in [0, 0.1) is 0 Å². The summed E-state index contributed by atoms with van der Waals surface area (Å²) in [6.45, 7) is 7.00. The van der Waals surface area contributed by atoms with E-state index in [1.54, 1.807) is 52.0 Å². The van der Waals surface area contributed by atoms with Crippen LogP contribution in [-0.4, -0.2) is 34.4 Å². The first kappa shape index (κ1) is 17.6. The Labute approximate surface area is 139 Å². The van der Waals surface area contributed by atoms with Crippen molar-refractivity contribution in [1.29, 1.82) is 0 Å². The fourth-order valence-corrected chi connectivity index (χ4v) is 2.50. The van der Waals surface area contributed by atoms with Gasteiger partial charge >= 0.3 is 11.9 Å². The molecule has 6 nitrogen and oxygen atoms in total. The van der Waals surface area contributed by atoms with Gasteiger partial charge in [-0.25, -0.2) is 9.59 Å². The van der Waals surface area contributed by atoms with Gasteiger partial charge in [0.1, 0.15) is 22.6 Å². The van der Waals surface area contributed by atoms with Gasteiger partial charge in [-0.1, -0.05) is 24.3 Å². The largest absolute Gasteiger partial charge is 0.489 e. The van der Waals surface area contributed by atoms with E-state index in [1.807, 2.05) is 0 Å². The molecule has 0 saturated carbocycles. The predicted molar refractivity (Wildman–Crippen MR) is 89.4 cm³/mol. The molecule has 0 aromatic heterocycles. The first-order chi connectivity index (χ1) is 11.2. The third-order valence-corrected chi connectivity index (χ3v) is 3.26. The summed E-state index contributed by atoms with van der Waals surface area (Å²) in [5.74, 6) is -2.66. The van der Waals surface area contributed by atoms with Crippen LogP contribution in [0.25, 0.3) is 10.8 Å². The van der Waals surface area contributed by atoms with Crippen molar-refractivity contribution in [2.24, 2.45) is 0 Å². The van der Waals surface area contributed by atoms with Crippen molar-refractivity contribution in [3.05, 3.63) is 35.4 Å². The summed E-state index contributed by atoms with van der Waals surface area (Å²) in [6.07, 6.45) is -0.630. The van der Waals surface area contributed by atoms with Crippen LogP contribution >= 0.6 is 0 Å². The van der Waals surface area contributed by atoms with E-state index in [9.17, 15) is 19.8 Å². The zero-order valence-corrected chi connectivity index (χ0v) is 14.0. The molecule has 2 aromatic carbocycles. The molecular weight excluding hydrogens is 312 g/mol. The summed E-state index contributed by atoms with van der Waals surface area (Å²) in [7, 11) is 0. The van der Waals surface area contributed by atoms with Crippen LogP contribution in [0.5, 0.6) is 11.5 Å². The van der Waals surface area contributed by atoms with Crippen molar-refractivity contribution < 1.29 is 29.3 Å². The van der Waals surface area contributed by atoms with Crippen molar-refractivity contribution in [1.82, 2.24) is 0 Å². The van der Waals surface area contributed by atoms with Crippen molar-refractivity contribution >= 4 is 22.7 Å². The van der Waals surface area contributed by atoms with Gasteiger partial charge in [-0.3, -0.25) is 0 Å². The highest BCUT2D eigenvalue weighted by atomic mass is 16.5. The third-order valence-electron chi connectivity index (χ3n) is 3.26. The van der Waals surface area contributed by atoms with E-state index in [-0.39, 0.29) is 23.7 Å². The zero-order chi connectivity index (χ0) is 18.0. The van der Waals surface area contributed by atoms with Gasteiger partial charge in [0, 0.05) is 10.8 Å². The van der Waals surface area contributed by atoms with E-state index >= 15 is 0 Å². The molecule has 0 saturated heterocycles. The lowest BCUT2D eigenvalue weighted by molar-refractivity contribution is 0.0640. The molecule has 2 rings (SSSR count).